The molecule has 1 aromatic rings. The molecule has 5 heteroatoms. The van der Waals surface area contributed by atoms with Gasteiger partial charge in [-0.15, -0.1) is 0 Å². The van der Waals surface area contributed by atoms with Crippen LogP contribution < -0.4 is 5.14 Å². The van der Waals surface area contributed by atoms with Crippen molar-refractivity contribution in [1.29, 1.82) is 0 Å². The van der Waals surface area contributed by atoms with E-state index in [0.29, 0.717) is 0 Å². The van der Waals surface area contributed by atoms with Gasteiger partial charge in [0.15, 0.2) is 0 Å². The highest BCUT2D eigenvalue weighted by molar-refractivity contribution is 7.86. The summed E-state index contributed by atoms with van der Waals surface area (Å²) in [5, 5.41) is 5.13. The maximum absolute atomic E-state index is 11.3. The summed E-state index contributed by atoms with van der Waals surface area (Å²) in [4.78, 5) is 0. The Morgan fingerprint density at radius 1 is 1.38 bits per heavy atom. The molecule has 4 nitrogen and oxygen atoms in total. The Balaban J connectivity index is 2.84. The lowest BCUT2D eigenvalue weighted by Gasteiger charge is -2.19. The van der Waals surface area contributed by atoms with Crippen molar-refractivity contribution < 1.29 is 8.42 Å². The predicted octanol–water partition coefficient (Wildman–Crippen LogP) is 1.27. The molecule has 0 heterocycles. The van der Waals surface area contributed by atoms with Crippen molar-refractivity contribution in [3.63, 3.8) is 0 Å². The van der Waals surface area contributed by atoms with E-state index in [2.05, 4.69) is 6.58 Å². The minimum atomic E-state index is -3.69. The van der Waals surface area contributed by atoms with Gasteiger partial charge < -0.3 is 0 Å². The van der Waals surface area contributed by atoms with Crippen molar-refractivity contribution in [3.05, 3.63) is 48.0 Å². The molecule has 0 bridgehead atoms. The molecule has 2 N–H and O–H groups in total. The summed E-state index contributed by atoms with van der Waals surface area (Å²) < 4.78 is 23.9. The van der Waals surface area contributed by atoms with Crippen molar-refractivity contribution in [1.82, 2.24) is 4.31 Å². The highest BCUT2D eigenvalue weighted by Crippen LogP contribution is 2.08. The maximum Gasteiger partial charge on any atom is 0.277 e. The van der Waals surface area contributed by atoms with Gasteiger partial charge in [0, 0.05) is 13.1 Å². The van der Waals surface area contributed by atoms with Gasteiger partial charge in [-0.2, -0.15) is 12.7 Å². The van der Waals surface area contributed by atoms with Gasteiger partial charge in [-0.3, -0.25) is 0 Å². The normalized spacial score (nSPS) is 11.7. The van der Waals surface area contributed by atoms with Gasteiger partial charge in [-0.1, -0.05) is 42.5 Å². The number of rotatable bonds is 5. The summed E-state index contributed by atoms with van der Waals surface area (Å²) in [6.45, 7) is 5.97. The summed E-state index contributed by atoms with van der Waals surface area (Å²) >= 11 is 0. The molecule has 1 rings (SSSR count). The zero-order valence-electron chi connectivity index (χ0n) is 9.26. The van der Waals surface area contributed by atoms with E-state index in [1.54, 1.807) is 6.92 Å². The Morgan fingerprint density at radius 2 is 1.94 bits per heavy atom. The molecule has 16 heavy (non-hydrogen) atoms. The Bertz CT molecular complexity index is 454. The van der Waals surface area contributed by atoms with Crippen LogP contribution in [0.3, 0.4) is 0 Å². The quantitative estimate of drug-likeness (QED) is 0.788. The molecular formula is C11H16N2O2S. The summed E-state index contributed by atoms with van der Waals surface area (Å²) in [5.41, 5.74) is 1.66. The topological polar surface area (TPSA) is 63.4 Å². The SMILES string of the molecule is C=C(C)CN(Cc1ccccc1)S(N)(=O)=O. The van der Waals surface area contributed by atoms with E-state index in [-0.39, 0.29) is 13.1 Å². The monoisotopic (exact) mass is 240 g/mol. The Kier molecular flexibility index (Phi) is 4.23. The van der Waals surface area contributed by atoms with E-state index in [4.69, 9.17) is 5.14 Å². The fourth-order valence-electron chi connectivity index (χ4n) is 1.32. The number of hydrogen-bond donors (Lipinski definition) is 1. The first-order valence-corrected chi connectivity index (χ1v) is 6.36. The molecule has 0 atom stereocenters. The minimum Gasteiger partial charge on any atom is -0.216 e. The van der Waals surface area contributed by atoms with Crippen molar-refractivity contribution in [2.75, 3.05) is 6.54 Å². The van der Waals surface area contributed by atoms with Gasteiger partial charge >= 0.3 is 0 Å². The standard InChI is InChI=1S/C11H16N2O2S/c1-10(2)8-13(16(12,14)15)9-11-6-4-3-5-7-11/h3-7H,1,8-9H2,2H3,(H2,12,14,15). The average Bonchev–Trinajstić information content (AvgIpc) is 2.16. The summed E-state index contributed by atoms with van der Waals surface area (Å²) in [6.07, 6.45) is 0. The maximum atomic E-state index is 11.3. The van der Waals surface area contributed by atoms with E-state index in [9.17, 15) is 8.42 Å². The molecule has 0 aliphatic carbocycles. The Morgan fingerprint density at radius 3 is 2.38 bits per heavy atom. The molecule has 0 unspecified atom stereocenters. The second-order valence-electron chi connectivity index (χ2n) is 3.76. The van der Waals surface area contributed by atoms with E-state index in [1.165, 1.54) is 4.31 Å². The second kappa shape index (κ2) is 5.25. The van der Waals surface area contributed by atoms with Crippen molar-refractivity contribution >= 4 is 10.2 Å². The number of nitrogens with zero attached hydrogens (tertiary/aromatic N) is 1. The molecular weight excluding hydrogens is 224 g/mol. The van der Waals surface area contributed by atoms with Crippen molar-refractivity contribution in [3.8, 4) is 0 Å². The van der Waals surface area contributed by atoms with Crippen LogP contribution in [0, 0.1) is 0 Å². The van der Waals surface area contributed by atoms with Gasteiger partial charge in [0.25, 0.3) is 10.2 Å². The minimum absolute atomic E-state index is 0.244. The molecule has 0 aromatic heterocycles. The third-order valence-corrected chi connectivity index (χ3v) is 2.99. The van der Waals surface area contributed by atoms with Gasteiger partial charge in [-0.05, 0) is 12.5 Å². The first-order valence-electron chi connectivity index (χ1n) is 4.86. The third-order valence-electron chi connectivity index (χ3n) is 2.01. The van der Waals surface area contributed by atoms with Crippen LogP contribution >= 0.6 is 0 Å². The summed E-state index contributed by atoms with van der Waals surface area (Å²) in [5.74, 6) is 0. The fraction of sp³-hybridized carbons (Fsp3) is 0.273. The van der Waals surface area contributed by atoms with Gasteiger partial charge in [0.2, 0.25) is 0 Å². The molecule has 1 aromatic carbocycles. The smallest absolute Gasteiger partial charge is 0.216 e. The van der Waals surface area contributed by atoms with Crippen LogP contribution in [-0.4, -0.2) is 19.3 Å². The van der Waals surface area contributed by atoms with Crippen LogP contribution in [0.1, 0.15) is 12.5 Å². The third kappa shape index (κ3) is 4.14. The number of benzene rings is 1. The van der Waals surface area contributed by atoms with E-state index in [0.717, 1.165) is 11.1 Å². The van der Waals surface area contributed by atoms with Crippen LogP contribution in [0.4, 0.5) is 0 Å². The molecule has 0 fully saturated rings. The van der Waals surface area contributed by atoms with Crippen LogP contribution in [0.25, 0.3) is 0 Å². The molecule has 0 radical (unpaired) electrons. The highest BCUT2D eigenvalue weighted by atomic mass is 32.2. The number of nitrogens with two attached hydrogens (primary N) is 1. The Hall–Kier alpha value is -1.17. The van der Waals surface area contributed by atoms with Crippen LogP contribution in [0.15, 0.2) is 42.5 Å². The number of hydrogen-bond acceptors (Lipinski definition) is 2. The van der Waals surface area contributed by atoms with E-state index in [1.807, 2.05) is 30.3 Å². The van der Waals surface area contributed by atoms with E-state index >= 15 is 0 Å². The molecule has 0 amide bonds. The lowest BCUT2D eigenvalue weighted by Crippen LogP contribution is -2.37. The van der Waals surface area contributed by atoms with Crippen LogP contribution in [-0.2, 0) is 16.8 Å². The van der Waals surface area contributed by atoms with Gasteiger partial charge in [0.05, 0.1) is 0 Å². The molecule has 0 aliphatic heterocycles. The lowest BCUT2D eigenvalue weighted by molar-refractivity contribution is 0.432. The molecule has 0 saturated heterocycles. The molecule has 88 valence electrons. The van der Waals surface area contributed by atoms with E-state index < -0.39 is 10.2 Å². The average molecular weight is 240 g/mol. The van der Waals surface area contributed by atoms with Crippen LogP contribution in [0.2, 0.25) is 0 Å². The van der Waals surface area contributed by atoms with Crippen molar-refractivity contribution in [2.24, 2.45) is 5.14 Å². The second-order valence-corrected chi connectivity index (χ2v) is 5.30. The fourth-order valence-corrected chi connectivity index (χ4v) is 2.05. The first kappa shape index (κ1) is 12.9. The zero-order chi connectivity index (χ0) is 12.2. The summed E-state index contributed by atoms with van der Waals surface area (Å²) in [7, 11) is -3.69. The lowest BCUT2D eigenvalue weighted by atomic mass is 10.2. The van der Waals surface area contributed by atoms with Gasteiger partial charge in [-0.25, -0.2) is 5.14 Å². The Labute approximate surface area is 96.6 Å². The van der Waals surface area contributed by atoms with Crippen LogP contribution in [0.5, 0.6) is 0 Å². The van der Waals surface area contributed by atoms with Gasteiger partial charge in [0.1, 0.15) is 0 Å². The zero-order valence-corrected chi connectivity index (χ0v) is 10.1. The summed E-state index contributed by atoms with van der Waals surface area (Å²) in [6, 6.07) is 9.31. The predicted molar refractivity (Wildman–Crippen MR) is 64.8 cm³/mol. The first-order chi connectivity index (χ1) is 7.39. The molecule has 0 aliphatic rings. The highest BCUT2D eigenvalue weighted by Gasteiger charge is 2.17. The molecule has 0 saturated carbocycles. The largest absolute Gasteiger partial charge is 0.277 e. The molecule has 0 spiro atoms. The van der Waals surface area contributed by atoms with Crippen molar-refractivity contribution in [2.45, 2.75) is 13.5 Å².